The molecule has 2 unspecified atom stereocenters. The van der Waals surface area contributed by atoms with E-state index in [1.165, 1.54) is 7.11 Å². The van der Waals surface area contributed by atoms with Crippen molar-refractivity contribution >= 4 is 16.2 Å². The van der Waals surface area contributed by atoms with Crippen LogP contribution in [0.5, 0.6) is 0 Å². The van der Waals surface area contributed by atoms with Crippen molar-refractivity contribution in [2.45, 2.75) is 31.7 Å². The quantitative estimate of drug-likeness (QED) is 0.555. The van der Waals surface area contributed by atoms with Crippen LogP contribution in [0, 0.1) is 5.92 Å². The van der Waals surface area contributed by atoms with E-state index in [2.05, 4.69) is 9.44 Å². The highest BCUT2D eigenvalue weighted by molar-refractivity contribution is 7.87. The summed E-state index contributed by atoms with van der Waals surface area (Å²) < 4.78 is 32.8. The van der Waals surface area contributed by atoms with Gasteiger partial charge in [-0.2, -0.15) is 17.9 Å². The molecule has 1 rings (SSSR count). The minimum Gasteiger partial charge on any atom is -0.481 e. The van der Waals surface area contributed by atoms with Crippen LogP contribution in [0.2, 0.25) is 0 Å². The molecule has 0 heterocycles. The zero-order valence-electron chi connectivity index (χ0n) is 10.4. The Morgan fingerprint density at radius 1 is 1.39 bits per heavy atom. The first kappa shape index (κ1) is 15.4. The molecule has 1 aliphatic rings. The molecule has 1 fully saturated rings. The lowest BCUT2D eigenvalue weighted by Gasteiger charge is -2.28. The number of aliphatic carboxylic acids is 1. The lowest BCUT2D eigenvalue weighted by Crippen LogP contribution is -2.49. The minimum absolute atomic E-state index is 0.163. The Morgan fingerprint density at radius 3 is 2.67 bits per heavy atom. The smallest absolute Gasteiger partial charge is 0.308 e. The molecule has 0 aromatic rings. The van der Waals surface area contributed by atoms with Crippen molar-refractivity contribution in [3.63, 3.8) is 0 Å². The van der Waals surface area contributed by atoms with E-state index in [1.807, 2.05) is 0 Å². The molecule has 0 aliphatic heterocycles. The summed E-state index contributed by atoms with van der Waals surface area (Å²) in [7, 11) is -2.19. The summed E-state index contributed by atoms with van der Waals surface area (Å²) in [6.07, 6.45) is 2.74. The van der Waals surface area contributed by atoms with Gasteiger partial charge in [0.1, 0.15) is 0 Å². The Balaban J connectivity index is 2.55. The molecule has 0 radical (unpaired) electrons. The van der Waals surface area contributed by atoms with Crippen LogP contribution in [-0.2, 0) is 19.7 Å². The van der Waals surface area contributed by atoms with Crippen LogP contribution in [0.3, 0.4) is 0 Å². The Kier molecular flexibility index (Phi) is 6.00. The lowest BCUT2D eigenvalue weighted by atomic mass is 9.85. The van der Waals surface area contributed by atoms with Crippen molar-refractivity contribution in [3.8, 4) is 0 Å². The van der Waals surface area contributed by atoms with E-state index in [0.717, 1.165) is 12.8 Å². The monoisotopic (exact) mass is 280 g/mol. The standard InChI is InChI=1S/C10H20N2O5S/c1-17-7-6-11-18(15,16)12-9-5-3-2-4-8(9)10(13)14/h8-9,11-12H,2-7H2,1H3,(H,13,14). The summed E-state index contributed by atoms with van der Waals surface area (Å²) in [5, 5.41) is 9.04. The number of hydrogen-bond donors (Lipinski definition) is 3. The van der Waals surface area contributed by atoms with Crippen LogP contribution in [0.1, 0.15) is 25.7 Å². The first-order valence-electron chi connectivity index (χ1n) is 5.95. The fourth-order valence-electron chi connectivity index (χ4n) is 2.09. The molecule has 0 saturated heterocycles. The van der Waals surface area contributed by atoms with Crippen LogP contribution < -0.4 is 9.44 Å². The van der Waals surface area contributed by atoms with E-state index < -0.39 is 28.1 Å². The molecule has 0 aromatic heterocycles. The van der Waals surface area contributed by atoms with E-state index in [9.17, 15) is 13.2 Å². The second-order valence-electron chi connectivity index (χ2n) is 4.34. The average molecular weight is 280 g/mol. The highest BCUT2D eigenvalue weighted by Gasteiger charge is 2.33. The fourth-order valence-corrected chi connectivity index (χ4v) is 3.20. The lowest BCUT2D eigenvalue weighted by molar-refractivity contribution is -0.143. The molecule has 3 N–H and O–H groups in total. The molecule has 2 atom stereocenters. The minimum atomic E-state index is -3.66. The number of nitrogens with one attached hydrogen (secondary N) is 2. The van der Waals surface area contributed by atoms with Crippen molar-refractivity contribution in [2.24, 2.45) is 5.92 Å². The molecule has 0 amide bonds. The molecule has 1 aliphatic carbocycles. The van der Waals surface area contributed by atoms with E-state index >= 15 is 0 Å². The third-order valence-electron chi connectivity index (χ3n) is 2.99. The molecule has 106 valence electrons. The maximum atomic E-state index is 11.7. The number of methoxy groups -OCH3 is 1. The van der Waals surface area contributed by atoms with Gasteiger partial charge in [0.15, 0.2) is 0 Å². The maximum Gasteiger partial charge on any atom is 0.308 e. The second kappa shape index (κ2) is 7.03. The summed E-state index contributed by atoms with van der Waals surface area (Å²) >= 11 is 0. The van der Waals surface area contributed by atoms with Crippen molar-refractivity contribution in [2.75, 3.05) is 20.3 Å². The summed E-state index contributed by atoms with van der Waals surface area (Å²) in [6.45, 7) is 0.435. The maximum absolute atomic E-state index is 11.7. The third-order valence-corrected chi connectivity index (χ3v) is 4.19. The van der Waals surface area contributed by atoms with Gasteiger partial charge in [0, 0.05) is 19.7 Å². The van der Waals surface area contributed by atoms with E-state index in [4.69, 9.17) is 9.84 Å². The van der Waals surface area contributed by atoms with Gasteiger partial charge in [0.2, 0.25) is 0 Å². The third kappa shape index (κ3) is 4.89. The SMILES string of the molecule is COCCNS(=O)(=O)NC1CCCCC1C(=O)O. The van der Waals surface area contributed by atoms with Crippen molar-refractivity contribution in [1.29, 1.82) is 0 Å². The summed E-state index contributed by atoms with van der Waals surface area (Å²) in [5.41, 5.74) is 0. The topological polar surface area (TPSA) is 105 Å². The first-order valence-corrected chi connectivity index (χ1v) is 7.43. The molecule has 0 aromatic carbocycles. The fraction of sp³-hybridized carbons (Fsp3) is 0.900. The summed E-state index contributed by atoms with van der Waals surface area (Å²) in [6, 6.07) is -0.531. The van der Waals surface area contributed by atoms with Crippen LogP contribution in [-0.4, -0.2) is 45.8 Å². The van der Waals surface area contributed by atoms with Crippen LogP contribution in [0.25, 0.3) is 0 Å². The van der Waals surface area contributed by atoms with Gasteiger partial charge in [-0.3, -0.25) is 4.79 Å². The number of rotatable bonds is 7. The van der Waals surface area contributed by atoms with Gasteiger partial charge in [0.05, 0.1) is 12.5 Å². The van der Waals surface area contributed by atoms with E-state index in [0.29, 0.717) is 12.8 Å². The van der Waals surface area contributed by atoms with Crippen molar-refractivity contribution < 1.29 is 23.1 Å². The van der Waals surface area contributed by atoms with Crippen LogP contribution in [0.4, 0.5) is 0 Å². The first-order chi connectivity index (χ1) is 8.46. The molecule has 1 saturated carbocycles. The molecule has 7 nitrogen and oxygen atoms in total. The number of carbonyl (C=O) groups is 1. The Bertz CT molecular complexity index is 370. The van der Waals surface area contributed by atoms with Gasteiger partial charge in [-0.15, -0.1) is 0 Å². The highest BCUT2D eigenvalue weighted by Crippen LogP contribution is 2.24. The van der Waals surface area contributed by atoms with Crippen LogP contribution >= 0.6 is 0 Å². The second-order valence-corrected chi connectivity index (χ2v) is 5.88. The molecule has 0 spiro atoms. The molecular formula is C10H20N2O5S. The zero-order chi connectivity index (χ0) is 13.6. The predicted octanol–water partition coefficient (Wildman–Crippen LogP) is -0.300. The largest absolute Gasteiger partial charge is 0.481 e. The number of carboxylic acids is 1. The van der Waals surface area contributed by atoms with Gasteiger partial charge in [-0.1, -0.05) is 12.8 Å². The molecule has 0 bridgehead atoms. The molecule has 8 heteroatoms. The summed E-state index contributed by atoms with van der Waals surface area (Å²) in [5.74, 6) is -1.59. The predicted molar refractivity (Wildman–Crippen MR) is 65.3 cm³/mol. The van der Waals surface area contributed by atoms with Gasteiger partial charge in [-0.25, -0.2) is 0 Å². The van der Waals surface area contributed by atoms with E-state index in [-0.39, 0.29) is 13.2 Å². The van der Waals surface area contributed by atoms with Crippen molar-refractivity contribution in [3.05, 3.63) is 0 Å². The number of carboxylic acid groups (broad SMARTS) is 1. The summed E-state index contributed by atoms with van der Waals surface area (Å²) in [4.78, 5) is 11.0. The van der Waals surface area contributed by atoms with Crippen LogP contribution in [0.15, 0.2) is 0 Å². The average Bonchev–Trinajstić information content (AvgIpc) is 2.29. The normalized spacial score (nSPS) is 24.9. The Labute approximate surface area is 107 Å². The Hall–Kier alpha value is -0.700. The van der Waals surface area contributed by atoms with E-state index in [1.54, 1.807) is 0 Å². The van der Waals surface area contributed by atoms with Crippen molar-refractivity contribution in [1.82, 2.24) is 9.44 Å². The number of ether oxygens (including phenoxy) is 1. The van der Waals surface area contributed by atoms with Gasteiger partial charge in [0.25, 0.3) is 10.2 Å². The Morgan fingerprint density at radius 2 is 2.06 bits per heavy atom. The van der Waals surface area contributed by atoms with Gasteiger partial charge in [-0.05, 0) is 12.8 Å². The van der Waals surface area contributed by atoms with Gasteiger partial charge < -0.3 is 9.84 Å². The van der Waals surface area contributed by atoms with Gasteiger partial charge >= 0.3 is 5.97 Å². The molecule has 18 heavy (non-hydrogen) atoms. The highest BCUT2D eigenvalue weighted by atomic mass is 32.2. The number of hydrogen-bond acceptors (Lipinski definition) is 4. The molecular weight excluding hydrogens is 260 g/mol. The zero-order valence-corrected chi connectivity index (χ0v) is 11.2.